The maximum Gasteiger partial charge on any atom is 0.206 e. The Balaban J connectivity index is 2.37. The van der Waals surface area contributed by atoms with Crippen molar-refractivity contribution in [2.24, 2.45) is 0 Å². The molecular weight excluding hydrogens is 293 g/mol. The first-order valence-corrected chi connectivity index (χ1v) is 6.67. The highest BCUT2D eigenvalue weighted by Gasteiger charge is 2.16. The van der Waals surface area contributed by atoms with E-state index in [2.05, 4.69) is 4.98 Å². The van der Waals surface area contributed by atoms with Gasteiger partial charge in [-0.05, 0) is 30.7 Å². The molecule has 3 aromatic rings. The lowest BCUT2D eigenvalue weighted by Gasteiger charge is -2.12. The zero-order valence-corrected chi connectivity index (χ0v) is 12.3. The molecule has 0 radical (unpaired) electrons. The molecule has 0 fully saturated rings. The van der Waals surface area contributed by atoms with E-state index in [-0.39, 0.29) is 11.0 Å². The molecule has 4 nitrogen and oxygen atoms in total. The Bertz CT molecular complexity index is 845. The van der Waals surface area contributed by atoms with Crippen molar-refractivity contribution in [3.05, 3.63) is 46.7 Å². The van der Waals surface area contributed by atoms with Crippen LogP contribution < -0.4 is 10.5 Å². The monoisotopic (exact) mass is 305 g/mol. The number of ether oxygens (including phenoxy) is 1. The molecule has 21 heavy (non-hydrogen) atoms. The van der Waals surface area contributed by atoms with Gasteiger partial charge in [-0.25, -0.2) is 9.37 Å². The molecule has 0 amide bonds. The van der Waals surface area contributed by atoms with Gasteiger partial charge in [0, 0.05) is 6.07 Å². The lowest BCUT2D eigenvalue weighted by Crippen LogP contribution is -2.03. The highest BCUT2D eigenvalue weighted by Crippen LogP contribution is 2.32. The molecular formula is C15H13ClFN3O. The molecule has 0 aliphatic heterocycles. The number of rotatable bonds is 2. The van der Waals surface area contributed by atoms with Crippen LogP contribution in [0.15, 0.2) is 30.3 Å². The maximum absolute atomic E-state index is 13.8. The number of fused-ring (bicyclic) bond motifs is 1. The summed E-state index contributed by atoms with van der Waals surface area (Å²) < 4.78 is 20.8. The molecule has 2 aromatic carbocycles. The molecule has 1 heterocycles. The van der Waals surface area contributed by atoms with Crippen LogP contribution in [0.3, 0.4) is 0 Å². The largest absolute Gasteiger partial charge is 0.495 e. The summed E-state index contributed by atoms with van der Waals surface area (Å²) in [5.74, 6) is 0.356. The van der Waals surface area contributed by atoms with Gasteiger partial charge < -0.3 is 10.5 Å². The highest BCUT2D eigenvalue weighted by atomic mass is 35.5. The fourth-order valence-electron chi connectivity index (χ4n) is 2.32. The van der Waals surface area contributed by atoms with Crippen LogP contribution in [0.4, 0.5) is 10.3 Å². The molecule has 0 saturated carbocycles. The number of aryl methyl sites for hydroxylation is 1. The van der Waals surface area contributed by atoms with Gasteiger partial charge in [0.2, 0.25) is 5.95 Å². The number of nitrogen functional groups attached to an aromatic ring is 1. The van der Waals surface area contributed by atoms with E-state index >= 15 is 0 Å². The van der Waals surface area contributed by atoms with E-state index in [4.69, 9.17) is 22.1 Å². The van der Waals surface area contributed by atoms with E-state index in [9.17, 15) is 4.39 Å². The fourth-order valence-corrected chi connectivity index (χ4v) is 2.48. The zero-order chi connectivity index (χ0) is 15.1. The minimum absolute atomic E-state index is 0.0170. The Morgan fingerprint density at radius 1 is 1.29 bits per heavy atom. The summed E-state index contributed by atoms with van der Waals surface area (Å²) in [6.07, 6.45) is 0. The van der Waals surface area contributed by atoms with Gasteiger partial charge in [-0.3, -0.25) is 4.57 Å². The van der Waals surface area contributed by atoms with Gasteiger partial charge >= 0.3 is 0 Å². The maximum atomic E-state index is 13.8. The van der Waals surface area contributed by atoms with Gasteiger partial charge in [-0.2, -0.15) is 0 Å². The number of hydrogen-bond acceptors (Lipinski definition) is 3. The summed E-state index contributed by atoms with van der Waals surface area (Å²) >= 11 is 5.79. The molecule has 0 atom stereocenters. The number of anilines is 1. The summed E-state index contributed by atoms with van der Waals surface area (Å²) in [5.41, 5.74) is 8.80. The first-order valence-electron chi connectivity index (χ1n) is 6.29. The quantitative estimate of drug-likeness (QED) is 0.785. The normalized spacial score (nSPS) is 11.0. The number of hydrogen-bond donors (Lipinski definition) is 1. The van der Waals surface area contributed by atoms with Crippen LogP contribution in [-0.2, 0) is 0 Å². The summed E-state index contributed by atoms with van der Waals surface area (Å²) in [5, 5.41) is 0.0170. The molecule has 0 bridgehead atoms. The van der Waals surface area contributed by atoms with Crippen LogP contribution in [0.2, 0.25) is 5.02 Å². The number of aromatic nitrogens is 2. The van der Waals surface area contributed by atoms with Crippen LogP contribution >= 0.6 is 11.6 Å². The molecule has 108 valence electrons. The summed E-state index contributed by atoms with van der Waals surface area (Å²) in [6.45, 7) is 1.95. The third-order valence-corrected chi connectivity index (χ3v) is 3.59. The van der Waals surface area contributed by atoms with Crippen molar-refractivity contribution in [3.63, 3.8) is 0 Å². The molecule has 0 spiro atoms. The van der Waals surface area contributed by atoms with E-state index in [1.165, 1.54) is 12.1 Å². The average Bonchev–Trinajstić information content (AvgIpc) is 2.74. The van der Waals surface area contributed by atoms with Crippen LogP contribution in [0, 0.1) is 12.7 Å². The van der Waals surface area contributed by atoms with Gasteiger partial charge in [-0.1, -0.05) is 17.7 Å². The van der Waals surface area contributed by atoms with Crippen LogP contribution in [0.25, 0.3) is 16.7 Å². The van der Waals surface area contributed by atoms with Crippen molar-refractivity contribution < 1.29 is 9.13 Å². The Morgan fingerprint density at radius 2 is 2.05 bits per heavy atom. The Hall–Kier alpha value is -2.27. The van der Waals surface area contributed by atoms with Crippen molar-refractivity contribution in [1.29, 1.82) is 0 Å². The molecule has 1 aromatic heterocycles. The summed E-state index contributed by atoms with van der Waals surface area (Å²) in [4.78, 5) is 4.23. The molecule has 2 N–H and O–H groups in total. The third-order valence-electron chi connectivity index (χ3n) is 3.30. The molecule has 6 heteroatoms. The number of nitrogens with zero attached hydrogens (tertiary/aromatic N) is 2. The predicted molar refractivity (Wildman–Crippen MR) is 81.7 cm³/mol. The lowest BCUT2D eigenvalue weighted by atomic mass is 10.2. The molecule has 3 rings (SSSR count). The fraction of sp³-hybridized carbons (Fsp3) is 0.133. The Labute approximate surface area is 125 Å². The van der Waals surface area contributed by atoms with Crippen molar-refractivity contribution >= 4 is 28.6 Å². The number of halogens is 2. The smallest absolute Gasteiger partial charge is 0.206 e. The first kappa shape index (κ1) is 13.7. The van der Waals surface area contributed by atoms with Crippen molar-refractivity contribution in [1.82, 2.24) is 9.55 Å². The van der Waals surface area contributed by atoms with Gasteiger partial charge in [0.15, 0.2) is 0 Å². The predicted octanol–water partition coefficient (Wildman–Crippen LogP) is 3.72. The van der Waals surface area contributed by atoms with Crippen molar-refractivity contribution in [3.8, 4) is 11.4 Å². The summed E-state index contributed by atoms with van der Waals surface area (Å²) in [7, 11) is 1.57. The molecule has 0 saturated heterocycles. The second-order valence-corrected chi connectivity index (χ2v) is 5.14. The third kappa shape index (κ3) is 2.19. The van der Waals surface area contributed by atoms with Gasteiger partial charge in [0.25, 0.3) is 0 Å². The number of nitrogens with two attached hydrogens (primary N) is 1. The van der Waals surface area contributed by atoms with Crippen molar-refractivity contribution in [2.45, 2.75) is 6.92 Å². The van der Waals surface area contributed by atoms with Crippen LogP contribution in [0.5, 0.6) is 5.75 Å². The summed E-state index contributed by atoms with van der Waals surface area (Å²) in [6, 6.07) is 8.45. The second-order valence-electron chi connectivity index (χ2n) is 4.74. The van der Waals surface area contributed by atoms with Gasteiger partial charge in [-0.15, -0.1) is 0 Å². The second kappa shape index (κ2) is 4.93. The lowest BCUT2D eigenvalue weighted by molar-refractivity contribution is 0.413. The molecule has 0 aliphatic rings. The highest BCUT2D eigenvalue weighted by molar-refractivity contribution is 6.31. The standard InChI is InChI=1S/C15H13ClFN3O/c1-8-3-4-14(21-2)13(5-8)20-12-7-10(17)9(16)6-11(12)19-15(20)18/h3-7H,1-2H3,(H2,18,19). The molecule has 0 aliphatic carbocycles. The number of imidazole rings is 1. The van der Waals surface area contributed by atoms with E-state index in [1.54, 1.807) is 11.7 Å². The average molecular weight is 306 g/mol. The van der Waals surface area contributed by atoms with Crippen LogP contribution in [0.1, 0.15) is 5.56 Å². The van der Waals surface area contributed by atoms with E-state index in [0.29, 0.717) is 22.5 Å². The number of methoxy groups -OCH3 is 1. The topological polar surface area (TPSA) is 53.1 Å². The SMILES string of the molecule is COc1ccc(C)cc1-n1c(N)nc2cc(Cl)c(F)cc21. The first-order chi connectivity index (χ1) is 10.0. The minimum Gasteiger partial charge on any atom is -0.495 e. The Kier molecular flexibility index (Phi) is 3.22. The van der Waals surface area contributed by atoms with Crippen molar-refractivity contribution in [2.75, 3.05) is 12.8 Å². The zero-order valence-electron chi connectivity index (χ0n) is 11.5. The van der Waals surface area contributed by atoms with Gasteiger partial charge in [0.1, 0.15) is 11.6 Å². The Morgan fingerprint density at radius 3 is 2.76 bits per heavy atom. The number of benzene rings is 2. The van der Waals surface area contributed by atoms with E-state index in [1.807, 2.05) is 25.1 Å². The minimum atomic E-state index is -0.517. The molecule has 0 unspecified atom stereocenters. The van der Waals surface area contributed by atoms with E-state index < -0.39 is 5.82 Å². The van der Waals surface area contributed by atoms with Crippen LogP contribution in [-0.4, -0.2) is 16.7 Å². The van der Waals surface area contributed by atoms with Gasteiger partial charge in [0.05, 0.1) is 28.9 Å². The van der Waals surface area contributed by atoms with E-state index in [0.717, 1.165) is 5.56 Å².